The second-order valence-electron chi connectivity index (χ2n) is 4.42. The highest BCUT2D eigenvalue weighted by Gasteiger charge is 2.12. The first kappa shape index (κ1) is 13.5. The van der Waals surface area contributed by atoms with Crippen molar-refractivity contribution in [3.05, 3.63) is 48.2 Å². The molecule has 3 aromatic rings. The number of nitrogens with zero attached hydrogens (tertiary/aromatic N) is 1. The van der Waals surface area contributed by atoms with Gasteiger partial charge in [-0.3, -0.25) is 0 Å². The zero-order valence-corrected chi connectivity index (χ0v) is 12.1. The Morgan fingerprint density at radius 2 is 2.14 bits per heavy atom. The van der Waals surface area contributed by atoms with Gasteiger partial charge in [-0.2, -0.15) is 0 Å². The first-order valence-corrected chi connectivity index (χ1v) is 7.08. The van der Waals surface area contributed by atoms with Crippen LogP contribution in [0.15, 0.2) is 52.6 Å². The third kappa shape index (κ3) is 2.71. The van der Waals surface area contributed by atoms with Crippen molar-refractivity contribution in [2.75, 3.05) is 12.8 Å². The van der Waals surface area contributed by atoms with Gasteiger partial charge in [-0.25, -0.2) is 9.78 Å². The zero-order chi connectivity index (χ0) is 14.8. The third-order valence-corrected chi connectivity index (χ3v) is 3.91. The lowest BCUT2D eigenvalue weighted by Gasteiger charge is -2.05. The molecule has 1 aromatic carbocycles. The molecule has 2 aromatic heterocycles. The summed E-state index contributed by atoms with van der Waals surface area (Å²) < 4.78 is 4.71. The maximum Gasteiger partial charge on any atom is 0.340 e. The predicted molar refractivity (Wildman–Crippen MR) is 82.4 cm³/mol. The average molecular weight is 299 g/mol. The number of nitrogens with one attached hydrogen (secondary N) is 1. The van der Waals surface area contributed by atoms with Gasteiger partial charge in [0.1, 0.15) is 5.03 Å². The van der Waals surface area contributed by atoms with Crippen LogP contribution in [-0.4, -0.2) is 23.0 Å². The average Bonchev–Trinajstić information content (AvgIpc) is 2.90. The number of hydrogen-bond acceptors (Lipinski definition) is 5. The molecule has 0 radical (unpaired) electrons. The first-order chi connectivity index (χ1) is 10.2. The number of methoxy groups -OCH3 is 1. The van der Waals surface area contributed by atoms with Crippen LogP contribution in [0.1, 0.15) is 10.4 Å². The van der Waals surface area contributed by atoms with Crippen LogP contribution in [0.5, 0.6) is 0 Å². The maximum absolute atomic E-state index is 11.6. The van der Waals surface area contributed by atoms with E-state index in [1.54, 1.807) is 6.07 Å². The Morgan fingerprint density at radius 3 is 2.90 bits per heavy atom. The van der Waals surface area contributed by atoms with Crippen LogP contribution in [0.4, 0.5) is 5.69 Å². The van der Waals surface area contributed by atoms with E-state index in [1.165, 1.54) is 25.1 Å². The minimum Gasteiger partial charge on any atom is -0.465 e. The van der Waals surface area contributed by atoms with Crippen molar-refractivity contribution >= 4 is 34.3 Å². The van der Waals surface area contributed by atoms with Crippen molar-refractivity contribution in [3.8, 4) is 0 Å². The number of carbonyl (C=O) groups excluding carboxylic acids is 1. The number of fused-ring (bicyclic) bond motifs is 1. The summed E-state index contributed by atoms with van der Waals surface area (Å²) in [5.41, 5.74) is 7.43. The van der Waals surface area contributed by atoms with Gasteiger partial charge in [0.05, 0.1) is 29.6 Å². The highest BCUT2D eigenvalue weighted by atomic mass is 32.2. The Balaban J connectivity index is 1.92. The second kappa shape index (κ2) is 5.49. The number of H-pyrrole nitrogens is 1. The topological polar surface area (TPSA) is 81.0 Å². The van der Waals surface area contributed by atoms with Gasteiger partial charge in [0.15, 0.2) is 0 Å². The van der Waals surface area contributed by atoms with E-state index in [0.717, 1.165) is 15.9 Å². The number of aromatic amines is 1. The number of nitrogens with two attached hydrogens (primary N) is 1. The van der Waals surface area contributed by atoms with Gasteiger partial charge < -0.3 is 15.5 Å². The van der Waals surface area contributed by atoms with E-state index in [-0.39, 0.29) is 0 Å². The molecule has 0 atom stereocenters. The van der Waals surface area contributed by atoms with Crippen molar-refractivity contribution in [3.63, 3.8) is 0 Å². The molecular weight excluding hydrogens is 286 g/mol. The molecule has 0 aliphatic heterocycles. The predicted octanol–water partition coefficient (Wildman–Crippen LogP) is 3.08. The van der Waals surface area contributed by atoms with E-state index in [1.807, 2.05) is 30.3 Å². The van der Waals surface area contributed by atoms with Gasteiger partial charge in [-0.1, -0.05) is 30.0 Å². The fraction of sp³-hybridized carbons (Fsp3) is 0.0667. The number of para-hydroxylation sites is 1. The minimum atomic E-state index is -0.464. The monoisotopic (exact) mass is 299 g/mol. The van der Waals surface area contributed by atoms with Crippen LogP contribution in [-0.2, 0) is 4.74 Å². The van der Waals surface area contributed by atoms with E-state index in [2.05, 4.69) is 9.97 Å². The Labute approximate surface area is 125 Å². The smallest absolute Gasteiger partial charge is 0.340 e. The summed E-state index contributed by atoms with van der Waals surface area (Å²) in [6.45, 7) is 0. The molecule has 0 spiro atoms. The number of pyridine rings is 1. The summed E-state index contributed by atoms with van der Waals surface area (Å²) in [4.78, 5) is 19.2. The van der Waals surface area contributed by atoms with Crippen LogP contribution < -0.4 is 5.73 Å². The van der Waals surface area contributed by atoms with Crippen molar-refractivity contribution in [2.45, 2.75) is 10.1 Å². The molecular formula is C15H13N3O2S. The first-order valence-electron chi connectivity index (χ1n) is 6.27. The molecule has 3 N–H and O–H groups in total. The normalized spacial score (nSPS) is 10.7. The van der Waals surface area contributed by atoms with E-state index in [0.29, 0.717) is 16.3 Å². The summed E-state index contributed by atoms with van der Waals surface area (Å²) >= 11 is 1.43. The Kier molecular flexibility index (Phi) is 3.53. The van der Waals surface area contributed by atoms with Gasteiger partial charge >= 0.3 is 5.97 Å². The summed E-state index contributed by atoms with van der Waals surface area (Å²) in [5, 5.41) is 2.75. The molecule has 3 rings (SSSR count). The van der Waals surface area contributed by atoms with Crippen LogP contribution in [0.25, 0.3) is 10.9 Å². The van der Waals surface area contributed by atoms with Gasteiger partial charge in [-0.05, 0) is 18.2 Å². The second-order valence-corrected chi connectivity index (χ2v) is 5.49. The highest BCUT2D eigenvalue weighted by molar-refractivity contribution is 7.99. The SMILES string of the molecule is COC(=O)c1cc(Sc2cc3ccccc3[nH]2)ncc1N. The van der Waals surface area contributed by atoms with Gasteiger partial charge in [0, 0.05) is 10.9 Å². The summed E-state index contributed by atoms with van der Waals surface area (Å²) in [6, 6.07) is 11.7. The standard InChI is InChI=1S/C15H13N3O2S/c1-20-15(19)10-7-13(17-8-11(10)16)21-14-6-9-4-2-3-5-12(9)18-14/h2-8,18H,16H2,1H3. The van der Waals surface area contributed by atoms with Crippen molar-refractivity contribution in [1.29, 1.82) is 0 Å². The van der Waals surface area contributed by atoms with Crippen molar-refractivity contribution in [2.24, 2.45) is 0 Å². The fourth-order valence-electron chi connectivity index (χ4n) is 2.00. The summed E-state index contributed by atoms with van der Waals surface area (Å²) in [6.07, 6.45) is 1.47. The number of carbonyl (C=O) groups is 1. The summed E-state index contributed by atoms with van der Waals surface area (Å²) in [5.74, 6) is -0.464. The van der Waals surface area contributed by atoms with Crippen LogP contribution >= 0.6 is 11.8 Å². The number of benzene rings is 1. The molecule has 6 heteroatoms. The fourth-order valence-corrected chi connectivity index (χ4v) is 2.86. The van der Waals surface area contributed by atoms with Crippen molar-refractivity contribution in [1.82, 2.24) is 9.97 Å². The van der Waals surface area contributed by atoms with E-state index in [4.69, 9.17) is 10.5 Å². The molecule has 0 amide bonds. The number of nitrogen functional groups attached to an aromatic ring is 1. The Hall–Kier alpha value is -2.47. The molecule has 0 fully saturated rings. The zero-order valence-electron chi connectivity index (χ0n) is 11.3. The minimum absolute atomic E-state index is 0.308. The number of rotatable bonds is 3. The molecule has 106 valence electrons. The van der Waals surface area contributed by atoms with Crippen LogP contribution in [0, 0.1) is 0 Å². The number of aromatic nitrogens is 2. The Bertz CT molecular complexity index is 781. The molecule has 0 aliphatic carbocycles. The quantitative estimate of drug-likeness (QED) is 0.726. The molecule has 0 bridgehead atoms. The summed E-state index contributed by atoms with van der Waals surface area (Å²) in [7, 11) is 1.33. The lowest BCUT2D eigenvalue weighted by atomic mass is 10.2. The third-order valence-electron chi connectivity index (χ3n) is 3.03. The number of ether oxygens (including phenoxy) is 1. The molecule has 0 saturated carbocycles. The molecule has 0 unspecified atom stereocenters. The molecule has 2 heterocycles. The maximum atomic E-state index is 11.6. The highest BCUT2D eigenvalue weighted by Crippen LogP contribution is 2.30. The van der Waals surface area contributed by atoms with Crippen molar-refractivity contribution < 1.29 is 9.53 Å². The van der Waals surface area contributed by atoms with Gasteiger partial charge in [0.25, 0.3) is 0 Å². The molecule has 0 aliphatic rings. The largest absolute Gasteiger partial charge is 0.465 e. The molecule has 5 nitrogen and oxygen atoms in total. The number of anilines is 1. The van der Waals surface area contributed by atoms with Crippen LogP contribution in [0.3, 0.4) is 0 Å². The molecule has 21 heavy (non-hydrogen) atoms. The number of esters is 1. The van der Waals surface area contributed by atoms with E-state index < -0.39 is 5.97 Å². The lowest BCUT2D eigenvalue weighted by molar-refractivity contribution is 0.0601. The Morgan fingerprint density at radius 1 is 1.33 bits per heavy atom. The number of hydrogen-bond donors (Lipinski definition) is 2. The van der Waals surface area contributed by atoms with Gasteiger partial charge in [0.2, 0.25) is 0 Å². The van der Waals surface area contributed by atoms with E-state index >= 15 is 0 Å². The lowest BCUT2D eigenvalue weighted by Crippen LogP contribution is -2.06. The molecule has 0 saturated heterocycles. The van der Waals surface area contributed by atoms with Crippen LogP contribution in [0.2, 0.25) is 0 Å². The van der Waals surface area contributed by atoms with Gasteiger partial charge in [-0.15, -0.1) is 0 Å². The van der Waals surface area contributed by atoms with E-state index in [9.17, 15) is 4.79 Å².